The Morgan fingerprint density at radius 1 is 1.55 bits per heavy atom. The number of hydrogen-bond donors (Lipinski definition) is 4. The number of imidazole rings is 1. The van der Waals surface area contributed by atoms with Gasteiger partial charge in [0.15, 0.2) is 21.5 Å². The first-order valence-corrected chi connectivity index (χ1v) is 8.38. The van der Waals surface area contributed by atoms with Gasteiger partial charge in [0.2, 0.25) is 0 Å². The quantitative estimate of drug-likeness (QED) is 0.311. The highest BCUT2D eigenvalue weighted by molar-refractivity contribution is 14.1. The molecule has 0 amide bonds. The fraction of sp³-hybridized carbons (Fsp3) is 0.583. The summed E-state index contributed by atoms with van der Waals surface area (Å²) in [6.07, 6.45) is -0.934. The molecule has 0 aliphatic carbocycles. The predicted octanol–water partition coefficient (Wildman–Crippen LogP) is 0.341. The van der Waals surface area contributed by atoms with Crippen LogP contribution in [-0.4, -0.2) is 53.3 Å². The largest absolute Gasteiger partial charge is 0.390 e. The van der Waals surface area contributed by atoms with Gasteiger partial charge in [0.25, 0.3) is 0 Å². The summed E-state index contributed by atoms with van der Waals surface area (Å²) in [7, 11) is 0. The van der Waals surface area contributed by atoms with Gasteiger partial charge < -0.3 is 20.7 Å². The number of aliphatic hydroxyl groups excluding tert-OH is 2. The molecule has 1 saturated heterocycles. The van der Waals surface area contributed by atoms with Crippen molar-refractivity contribution in [3.05, 3.63) is 10.2 Å². The first kappa shape index (κ1) is 16.2. The molecule has 0 spiro atoms. The van der Waals surface area contributed by atoms with Crippen molar-refractivity contribution < 1.29 is 14.9 Å². The molecule has 22 heavy (non-hydrogen) atoms. The molecule has 1 aliphatic rings. The third-order valence-corrected chi connectivity index (χ3v) is 4.81. The number of nitrogens with zero attached hydrogens (tertiary/aromatic N) is 4. The molecule has 10 heteroatoms. The van der Waals surface area contributed by atoms with Crippen LogP contribution in [0.5, 0.6) is 0 Å². The lowest BCUT2D eigenvalue weighted by Crippen LogP contribution is -2.36. The summed E-state index contributed by atoms with van der Waals surface area (Å²) in [4.78, 5) is 12.6. The molecular weight excluding hydrogens is 421 g/mol. The molecule has 2 aromatic rings. The van der Waals surface area contributed by atoms with Crippen LogP contribution in [0.25, 0.3) is 11.2 Å². The van der Waals surface area contributed by atoms with Crippen LogP contribution in [0.4, 0.5) is 5.82 Å². The van der Waals surface area contributed by atoms with Crippen LogP contribution in [0.2, 0.25) is 0 Å². The van der Waals surface area contributed by atoms with Crippen molar-refractivity contribution in [2.45, 2.75) is 43.1 Å². The van der Waals surface area contributed by atoms with Crippen molar-refractivity contribution in [3.8, 4) is 0 Å². The Morgan fingerprint density at radius 3 is 2.95 bits per heavy atom. The molecule has 3 heterocycles. The van der Waals surface area contributed by atoms with E-state index in [0.717, 1.165) is 0 Å². The number of aromatic nitrogens is 4. The van der Waals surface area contributed by atoms with Gasteiger partial charge in [-0.3, -0.25) is 4.57 Å². The minimum atomic E-state index is -0.890. The highest BCUT2D eigenvalue weighted by atomic mass is 127. The molecule has 0 aromatic carbocycles. The van der Waals surface area contributed by atoms with Crippen LogP contribution >= 0.6 is 35.2 Å². The Bertz CT molecular complexity index is 699. The minimum absolute atomic E-state index is 0.285. The van der Waals surface area contributed by atoms with E-state index < -0.39 is 29.8 Å². The summed E-state index contributed by atoms with van der Waals surface area (Å²) in [6, 6.07) is 0. The maximum atomic E-state index is 10.3. The number of nitrogen functional groups attached to an aromatic ring is 1. The lowest BCUT2D eigenvalue weighted by Gasteiger charge is -2.19. The van der Waals surface area contributed by atoms with E-state index in [-0.39, 0.29) is 5.82 Å². The second-order valence-electron chi connectivity index (χ2n) is 5.15. The van der Waals surface area contributed by atoms with Crippen LogP contribution in [-0.2, 0) is 4.74 Å². The highest BCUT2D eigenvalue weighted by Gasteiger charge is 2.45. The number of nitrogens with two attached hydrogens (primary N) is 1. The van der Waals surface area contributed by atoms with Crippen molar-refractivity contribution in [2.24, 2.45) is 0 Å². The van der Waals surface area contributed by atoms with Gasteiger partial charge in [-0.1, -0.05) is 6.92 Å². The van der Waals surface area contributed by atoms with E-state index in [9.17, 15) is 10.2 Å². The number of aliphatic hydroxyl groups is 2. The monoisotopic (exact) mass is 437 g/mol. The molecule has 1 unspecified atom stereocenters. The molecule has 0 saturated carbocycles. The predicted molar refractivity (Wildman–Crippen MR) is 91.4 cm³/mol. The third kappa shape index (κ3) is 2.56. The number of ether oxygens (including phenoxy) is 1. The number of thiol groups is 1. The molecule has 0 radical (unpaired) electrons. The molecule has 1 aliphatic heterocycles. The summed E-state index contributed by atoms with van der Waals surface area (Å²) in [5.74, 6) is 0.285. The van der Waals surface area contributed by atoms with Gasteiger partial charge in [-0.05, 0) is 6.42 Å². The van der Waals surface area contributed by atoms with Crippen LogP contribution in [0.15, 0.2) is 6.33 Å². The van der Waals surface area contributed by atoms with Gasteiger partial charge in [-0.2, -0.15) is 12.6 Å². The number of hydrogen-bond acceptors (Lipinski definition) is 8. The topological polar surface area (TPSA) is 119 Å². The van der Waals surface area contributed by atoms with Gasteiger partial charge in [0.05, 0.1) is 23.8 Å². The van der Waals surface area contributed by atoms with E-state index in [4.69, 9.17) is 10.5 Å². The summed E-state index contributed by atoms with van der Waals surface area (Å²) in [5, 5.41) is 19.7. The Morgan fingerprint density at radius 2 is 2.27 bits per heavy atom. The second kappa shape index (κ2) is 6.07. The molecule has 120 valence electrons. The van der Waals surface area contributed by atoms with Crippen molar-refractivity contribution in [1.29, 1.82) is 0 Å². The van der Waals surface area contributed by atoms with Gasteiger partial charge in [0, 0.05) is 22.6 Å². The number of fused-ring (bicyclic) bond motifs is 1. The first-order chi connectivity index (χ1) is 10.4. The summed E-state index contributed by atoms with van der Waals surface area (Å²) in [6.45, 7) is 1.82. The maximum absolute atomic E-state index is 10.3. The number of rotatable bonds is 3. The Kier molecular flexibility index (Phi) is 4.47. The highest BCUT2D eigenvalue weighted by Crippen LogP contribution is 2.36. The first-order valence-electron chi connectivity index (χ1n) is 6.79. The average molecular weight is 437 g/mol. The molecule has 2 aromatic heterocycles. The lowest BCUT2D eigenvalue weighted by atomic mass is 10.1. The molecule has 5 atom stereocenters. The smallest absolute Gasteiger partial charge is 0.194 e. The zero-order valence-electron chi connectivity index (χ0n) is 11.7. The van der Waals surface area contributed by atoms with E-state index in [1.54, 1.807) is 4.57 Å². The summed E-state index contributed by atoms with van der Waals surface area (Å²) in [5.41, 5.74) is 6.83. The molecule has 8 nitrogen and oxygen atoms in total. The van der Waals surface area contributed by atoms with Gasteiger partial charge >= 0.3 is 0 Å². The van der Waals surface area contributed by atoms with E-state index in [1.165, 1.54) is 6.33 Å². The summed E-state index contributed by atoms with van der Waals surface area (Å²) < 4.78 is 7.97. The van der Waals surface area contributed by atoms with Crippen molar-refractivity contribution in [3.63, 3.8) is 0 Å². The lowest BCUT2D eigenvalue weighted by molar-refractivity contribution is -0.0818. The zero-order chi connectivity index (χ0) is 16.0. The second-order valence-corrected chi connectivity index (χ2v) is 6.71. The van der Waals surface area contributed by atoms with E-state index in [1.807, 2.05) is 29.5 Å². The molecule has 1 fully saturated rings. The fourth-order valence-electron chi connectivity index (χ4n) is 2.56. The van der Waals surface area contributed by atoms with E-state index in [2.05, 4.69) is 27.6 Å². The SMILES string of the molecule is CCC(O)[C@H]1O[C@@H](n2cnc3c(N)nc(I)nc32)[C@H](S)[C@@H]1O. The minimum Gasteiger partial charge on any atom is -0.390 e. The zero-order valence-corrected chi connectivity index (χ0v) is 14.7. The third-order valence-electron chi connectivity index (χ3n) is 3.77. The number of halogens is 1. The van der Waals surface area contributed by atoms with Crippen LogP contribution in [0.1, 0.15) is 19.6 Å². The standard InChI is InChI=1S/C12H16IN5O3S/c1-2-4(19)7-6(20)8(22)11(21-7)18-3-15-5-9(14)16-12(13)17-10(5)18/h3-4,6-8,11,19-20,22H,2H2,1H3,(H2,14,16,17)/t4?,6-,7-,8-,11-/m1/s1. The Balaban J connectivity index is 2.01. The van der Waals surface area contributed by atoms with Crippen molar-refractivity contribution in [2.75, 3.05) is 5.73 Å². The fourth-order valence-corrected chi connectivity index (χ4v) is 3.43. The Hall–Kier alpha value is -0.690. The van der Waals surface area contributed by atoms with Crippen LogP contribution < -0.4 is 5.73 Å². The van der Waals surface area contributed by atoms with E-state index >= 15 is 0 Å². The summed E-state index contributed by atoms with van der Waals surface area (Å²) >= 11 is 6.40. The van der Waals surface area contributed by atoms with Gasteiger partial charge in [0.1, 0.15) is 11.6 Å². The van der Waals surface area contributed by atoms with Crippen molar-refractivity contribution >= 4 is 52.2 Å². The van der Waals surface area contributed by atoms with Crippen LogP contribution in [0, 0.1) is 3.83 Å². The van der Waals surface area contributed by atoms with Crippen LogP contribution in [0.3, 0.4) is 0 Å². The Labute approximate surface area is 145 Å². The van der Waals surface area contributed by atoms with Crippen molar-refractivity contribution in [1.82, 2.24) is 19.5 Å². The van der Waals surface area contributed by atoms with Gasteiger partial charge in [-0.15, -0.1) is 0 Å². The molecular formula is C12H16IN5O3S. The molecule has 0 bridgehead atoms. The normalized spacial score (nSPS) is 30.0. The number of anilines is 1. The molecule has 4 N–H and O–H groups in total. The average Bonchev–Trinajstić information content (AvgIpc) is 3.01. The molecule has 3 rings (SSSR count). The van der Waals surface area contributed by atoms with E-state index in [0.29, 0.717) is 21.4 Å². The maximum Gasteiger partial charge on any atom is 0.194 e. The van der Waals surface area contributed by atoms with Gasteiger partial charge in [-0.25, -0.2) is 15.0 Å².